The molecule has 0 atom stereocenters. The number of anilines is 1. The number of thiocarbonyl (C=S) groups is 1. The maximum Gasteiger partial charge on any atom is 0.270 e. The van der Waals surface area contributed by atoms with Gasteiger partial charge in [-0.25, -0.2) is 0 Å². The smallest absolute Gasteiger partial charge is 0.270 e. The summed E-state index contributed by atoms with van der Waals surface area (Å²) in [5.41, 5.74) is 0.674. The van der Waals surface area contributed by atoms with Crippen molar-refractivity contribution in [2.75, 3.05) is 19.1 Å². The molecule has 7 nitrogen and oxygen atoms in total. The first kappa shape index (κ1) is 19.7. The molecule has 1 fully saturated rings. The van der Waals surface area contributed by atoms with E-state index in [2.05, 4.69) is 5.32 Å². The number of phenolic OH excluding ortho intramolecular Hbond substituents is 1. The molecule has 0 radical (unpaired) electrons. The minimum atomic E-state index is -0.644. The Balaban J connectivity index is 2.04. The van der Waals surface area contributed by atoms with E-state index in [1.165, 1.54) is 37.3 Å². The quantitative estimate of drug-likeness (QED) is 0.451. The summed E-state index contributed by atoms with van der Waals surface area (Å²) in [5.74, 6) is -1.04. The number of carbonyl (C=O) groups is 2. The van der Waals surface area contributed by atoms with Crippen molar-refractivity contribution in [1.29, 1.82) is 0 Å². The second kappa shape index (κ2) is 7.87. The minimum absolute atomic E-state index is 0.0374. The van der Waals surface area contributed by atoms with Crippen LogP contribution in [0.15, 0.2) is 42.0 Å². The lowest BCUT2D eigenvalue weighted by atomic mass is 10.1. The van der Waals surface area contributed by atoms with Crippen LogP contribution in [0.1, 0.15) is 5.56 Å². The third-order valence-electron chi connectivity index (χ3n) is 3.98. The van der Waals surface area contributed by atoms with Crippen LogP contribution in [0.2, 0.25) is 5.02 Å². The normalized spacial score (nSPS) is 15.6. The molecule has 0 aromatic heterocycles. The Morgan fingerprint density at radius 1 is 1.14 bits per heavy atom. The summed E-state index contributed by atoms with van der Waals surface area (Å²) >= 11 is 11.0. The fourth-order valence-electron chi connectivity index (χ4n) is 2.70. The fraction of sp³-hybridized carbons (Fsp3) is 0.105. The number of carbonyl (C=O) groups excluding carboxylic acids is 2. The molecule has 1 aliphatic rings. The summed E-state index contributed by atoms with van der Waals surface area (Å²) in [6, 6.07) is 9.34. The number of nitrogens with zero attached hydrogens (tertiary/aromatic N) is 1. The molecule has 28 heavy (non-hydrogen) atoms. The molecule has 144 valence electrons. The Kier molecular flexibility index (Phi) is 5.53. The van der Waals surface area contributed by atoms with Crippen molar-refractivity contribution in [3.8, 4) is 17.2 Å². The maximum atomic E-state index is 13.0. The maximum absolute atomic E-state index is 13.0. The summed E-state index contributed by atoms with van der Waals surface area (Å²) in [6.45, 7) is 0. The molecule has 0 unspecified atom stereocenters. The molecule has 9 heteroatoms. The fourth-order valence-corrected chi connectivity index (χ4v) is 3.10. The number of methoxy groups -OCH3 is 2. The Labute approximate surface area is 171 Å². The third kappa shape index (κ3) is 3.64. The van der Waals surface area contributed by atoms with Gasteiger partial charge in [0.2, 0.25) is 5.75 Å². The van der Waals surface area contributed by atoms with Gasteiger partial charge in [-0.3, -0.25) is 19.8 Å². The number of aromatic hydroxyl groups is 1. The van der Waals surface area contributed by atoms with Crippen molar-refractivity contribution in [3.05, 3.63) is 52.6 Å². The zero-order valence-corrected chi connectivity index (χ0v) is 16.4. The number of benzene rings is 2. The van der Waals surface area contributed by atoms with Crippen LogP contribution < -0.4 is 19.7 Å². The highest BCUT2D eigenvalue weighted by atomic mass is 35.5. The molecule has 2 N–H and O–H groups in total. The molecule has 0 bridgehead atoms. The van der Waals surface area contributed by atoms with Gasteiger partial charge in [-0.1, -0.05) is 11.6 Å². The first-order valence-electron chi connectivity index (χ1n) is 7.97. The summed E-state index contributed by atoms with van der Waals surface area (Å²) in [5, 5.41) is 13.0. The van der Waals surface area contributed by atoms with Crippen LogP contribution in [-0.2, 0) is 9.59 Å². The number of hydrogen-bond donors (Lipinski definition) is 2. The molecule has 1 heterocycles. The van der Waals surface area contributed by atoms with Crippen LogP contribution in [0.5, 0.6) is 17.2 Å². The lowest BCUT2D eigenvalue weighted by molar-refractivity contribution is -0.122. The number of nitrogens with one attached hydrogen (secondary N) is 1. The highest BCUT2D eigenvalue weighted by molar-refractivity contribution is 7.80. The van der Waals surface area contributed by atoms with Crippen molar-refractivity contribution in [3.63, 3.8) is 0 Å². The van der Waals surface area contributed by atoms with Crippen LogP contribution in [0.3, 0.4) is 0 Å². The predicted molar refractivity (Wildman–Crippen MR) is 109 cm³/mol. The van der Waals surface area contributed by atoms with E-state index in [0.717, 1.165) is 0 Å². The minimum Gasteiger partial charge on any atom is -0.504 e. The molecule has 2 aromatic carbocycles. The van der Waals surface area contributed by atoms with Crippen molar-refractivity contribution in [2.45, 2.75) is 0 Å². The average molecular weight is 419 g/mol. The van der Waals surface area contributed by atoms with Crippen LogP contribution in [0.25, 0.3) is 6.08 Å². The van der Waals surface area contributed by atoms with Crippen molar-refractivity contribution in [1.82, 2.24) is 5.32 Å². The summed E-state index contributed by atoms with van der Waals surface area (Å²) in [6.07, 6.45) is 1.34. The monoisotopic (exact) mass is 418 g/mol. The Morgan fingerprint density at radius 3 is 2.43 bits per heavy atom. The van der Waals surface area contributed by atoms with Crippen molar-refractivity contribution >= 4 is 52.5 Å². The van der Waals surface area contributed by atoms with Gasteiger partial charge in [0.15, 0.2) is 16.6 Å². The standard InChI is InChI=1S/C19H15ClN2O5S/c1-26-15-9-10(8-14(23)16(15)27-2)7-13-17(24)21-19(28)22(18(13)25)12-5-3-11(20)4-6-12/h3-9,23H,1-2H3,(H,21,24,28)/b13-7-. The molecular weight excluding hydrogens is 404 g/mol. The van der Waals surface area contributed by atoms with Gasteiger partial charge in [0.05, 0.1) is 19.9 Å². The number of halogens is 1. The van der Waals surface area contributed by atoms with E-state index < -0.39 is 11.8 Å². The molecular formula is C19H15ClN2O5S. The van der Waals surface area contributed by atoms with Gasteiger partial charge >= 0.3 is 0 Å². The van der Waals surface area contributed by atoms with Gasteiger partial charge in [0.25, 0.3) is 11.8 Å². The first-order valence-corrected chi connectivity index (χ1v) is 8.76. The van der Waals surface area contributed by atoms with Gasteiger partial charge in [-0.05, 0) is 60.3 Å². The average Bonchev–Trinajstić information content (AvgIpc) is 2.66. The molecule has 0 aliphatic carbocycles. The van der Waals surface area contributed by atoms with Crippen molar-refractivity contribution < 1.29 is 24.2 Å². The highest BCUT2D eigenvalue weighted by Crippen LogP contribution is 2.38. The lowest BCUT2D eigenvalue weighted by Crippen LogP contribution is -2.54. The number of hydrogen-bond acceptors (Lipinski definition) is 6. The van der Waals surface area contributed by atoms with Gasteiger partial charge in [0.1, 0.15) is 5.57 Å². The Bertz CT molecular complexity index is 1000. The van der Waals surface area contributed by atoms with Gasteiger partial charge in [-0.15, -0.1) is 0 Å². The van der Waals surface area contributed by atoms with Gasteiger partial charge in [-0.2, -0.15) is 0 Å². The number of ether oxygens (including phenoxy) is 2. The second-order valence-corrected chi connectivity index (χ2v) is 6.53. The van der Waals surface area contributed by atoms with Gasteiger partial charge in [0, 0.05) is 5.02 Å². The molecule has 3 rings (SSSR count). The van der Waals surface area contributed by atoms with Gasteiger partial charge < -0.3 is 14.6 Å². The zero-order chi connectivity index (χ0) is 20.4. The van der Waals surface area contributed by atoms with E-state index in [9.17, 15) is 14.7 Å². The van der Waals surface area contributed by atoms with E-state index in [1.807, 2.05) is 0 Å². The molecule has 1 saturated heterocycles. The topological polar surface area (TPSA) is 88.1 Å². The van der Waals surface area contributed by atoms with Crippen LogP contribution in [0.4, 0.5) is 5.69 Å². The summed E-state index contributed by atoms with van der Waals surface area (Å²) in [4.78, 5) is 26.5. The third-order valence-corrected chi connectivity index (χ3v) is 4.52. The van der Waals surface area contributed by atoms with Crippen molar-refractivity contribution in [2.24, 2.45) is 0 Å². The largest absolute Gasteiger partial charge is 0.504 e. The lowest BCUT2D eigenvalue weighted by Gasteiger charge is -2.29. The van der Waals surface area contributed by atoms with Crippen LogP contribution >= 0.6 is 23.8 Å². The molecule has 0 spiro atoms. The Morgan fingerprint density at radius 2 is 1.82 bits per heavy atom. The number of amides is 2. The van der Waals surface area contributed by atoms with E-state index in [1.54, 1.807) is 24.3 Å². The molecule has 2 amide bonds. The Hall–Kier alpha value is -3.10. The van der Waals surface area contributed by atoms with Crippen LogP contribution in [-0.4, -0.2) is 36.3 Å². The van der Waals surface area contributed by atoms with E-state index in [4.69, 9.17) is 33.3 Å². The van der Waals surface area contributed by atoms with E-state index >= 15 is 0 Å². The van der Waals surface area contributed by atoms with E-state index in [-0.39, 0.29) is 27.9 Å². The number of phenols is 1. The van der Waals surface area contributed by atoms with Crippen LogP contribution in [0, 0.1) is 0 Å². The highest BCUT2D eigenvalue weighted by Gasteiger charge is 2.34. The first-order chi connectivity index (χ1) is 13.3. The number of rotatable bonds is 4. The summed E-state index contributed by atoms with van der Waals surface area (Å²) < 4.78 is 10.3. The summed E-state index contributed by atoms with van der Waals surface area (Å²) in [7, 11) is 2.80. The van der Waals surface area contributed by atoms with E-state index in [0.29, 0.717) is 16.3 Å². The predicted octanol–water partition coefficient (Wildman–Crippen LogP) is 2.89. The zero-order valence-electron chi connectivity index (χ0n) is 14.9. The molecule has 0 saturated carbocycles. The molecule has 1 aliphatic heterocycles. The SMILES string of the molecule is COc1cc(/C=C2/C(=O)NC(=S)N(c3ccc(Cl)cc3)C2=O)cc(O)c1OC. The molecule has 2 aromatic rings. The second-order valence-electron chi connectivity index (χ2n) is 5.71.